The third-order valence-corrected chi connectivity index (χ3v) is 1.83. The third kappa shape index (κ3) is 2.95. The molecule has 4 heteroatoms. The summed E-state index contributed by atoms with van der Waals surface area (Å²) in [6, 6.07) is 7.40. The molecule has 0 atom stereocenters. The predicted octanol–water partition coefficient (Wildman–Crippen LogP) is 2.26. The lowest BCUT2D eigenvalue weighted by Crippen LogP contribution is -1.94. The molecule has 13 heavy (non-hydrogen) atoms. The van der Waals surface area contributed by atoms with Crippen molar-refractivity contribution in [2.75, 3.05) is 7.11 Å². The molecule has 0 fully saturated rings. The van der Waals surface area contributed by atoms with Crippen molar-refractivity contribution >= 4 is 16.8 Å². The quantitative estimate of drug-likeness (QED) is 0.461. The Morgan fingerprint density at radius 3 is 2.54 bits per heavy atom. The van der Waals surface area contributed by atoms with Crippen molar-refractivity contribution in [2.24, 2.45) is 5.16 Å². The average Bonchev–Trinajstić information content (AvgIpc) is 2.19. The molecule has 3 nitrogen and oxygen atoms in total. The van der Waals surface area contributed by atoms with E-state index in [1.54, 1.807) is 7.11 Å². The summed E-state index contributed by atoms with van der Waals surface area (Å²) in [7, 11) is 1.61. The van der Waals surface area contributed by atoms with Crippen LogP contribution in [0.5, 0.6) is 5.75 Å². The molecule has 1 rings (SSSR count). The molecule has 0 aromatic heterocycles. The van der Waals surface area contributed by atoms with E-state index in [9.17, 15) is 0 Å². The zero-order valence-corrected chi connectivity index (χ0v) is 7.95. The highest BCUT2D eigenvalue weighted by Crippen LogP contribution is 2.12. The van der Waals surface area contributed by atoms with Crippen LogP contribution in [0.2, 0.25) is 0 Å². The fourth-order valence-corrected chi connectivity index (χ4v) is 1.10. The summed E-state index contributed by atoms with van der Waals surface area (Å²) in [6.07, 6.45) is 0.433. The molecule has 70 valence electrons. The molecular weight excluding hydrogens is 190 g/mol. The lowest BCUT2D eigenvalue weighted by atomic mass is 10.1. The number of methoxy groups -OCH3 is 1. The smallest absolute Gasteiger partial charge is 0.149 e. The molecule has 0 spiro atoms. The van der Waals surface area contributed by atoms with Crippen LogP contribution in [-0.2, 0) is 6.42 Å². The van der Waals surface area contributed by atoms with E-state index in [-0.39, 0.29) is 5.17 Å². The van der Waals surface area contributed by atoms with Gasteiger partial charge in [0.25, 0.3) is 0 Å². The lowest BCUT2D eigenvalue weighted by molar-refractivity contribution is 0.319. The minimum Gasteiger partial charge on any atom is -0.497 e. The van der Waals surface area contributed by atoms with Gasteiger partial charge >= 0.3 is 0 Å². The second-order valence-electron chi connectivity index (χ2n) is 2.50. The minimum absolute atomic E-state index is 0.171. The van der Waals surface area contributed by atoms with Gasteiger partial charge in [0.15, 0.2) is 0 Å². The molecule has 0 amide bonds. The van der Waals surface area contributed by atoms with Crippen molar-refractivity contribution in [1.82, 2.24) is 0 Å². The molecular formula is C9H10ClNO2. The summed E-state index contributed by atoms with van der Waals surface area (Å²) < 4.78 is 4.99. The van der Waals surface area contributed by atoms with Crippen LogP contribution in [0.4, 0.5) is 0 Å². The van der Waals surface area contributed by atoms with Crippen molar-refractivity contribution in [3.63, 3.8) is 0 Å². The molecule has 0 aliphatic carbocycles. The van der Waals surface area contributed by atoms with Crippen LogP contribution in [0.25, 0.3) is 0 Å². The maximum absolute atomic E-state index is 8.33. The monoisotopic (exact) mass is 199 g/mol. The normalized spacial score (nSPS) is 11.4. The summed E-state index contributed by atoms with van der Waals surface area (Å²) in [6.45, 7) is 0. The van der Waals surface area contributed by atoms with E-state index in [1.165, 1.54) is 0 Å². The standard InChI is InChI=1S/C9H10ClNO2/c1-13-8-4-2-7(3-5-8)6-9(10)11-12/h2-5,12H,6H2,1H3/b11-9+. The van der Waals surface area contributed by atoms with E-state index in [0.29, 0.717) is 6.42 Å². The van der Waals surface area contributed by atoms with Crippen LogP contribution in [0.3, 0.4) is 0 Å². The molecule has 0 radical (unpaired) electrons. The highest BCUT2D eigenvalue weighted by Gasteiger charge is 1.98. The van der Waals surface area contributed by atoms with Crippen molar-refractivity contribution in [3.05, 3.63) is 29.8 Å². The first kappa shape index (κ1) is 9.86. The summed E-state index contributed by atoms with van der Waals surface area (Å²) >= 11 is 5.54. The van der Waals surface area contributed by atoms with Crippen molar-refractivity contribution in [2.45, 2.75) is 6.42 Å². The van der Waals surface area contributed by atoms with Crippen LogP contribution in [0.15, 0.2) is 29.4 Å². The molecule has 0 unspecified atom stereocenters. The summed E-state index contributed by atoms with van der Waals surface area (Å²) in [5.41, 5.74) is 0.976. The number of nitrogens with zero attached hydrogens (tertiary/aromatic N) is 1. The van der Waals surface area contributed by atoms with Gasteiger partial charge in [-0.1, -0.05) is 28.9 Å². The zero-order chi connectivity index (χ0) is 9.68. The van der Waals surface area contributed by atoms with Crippen LogP contribution < -0.4 is 4.74 Å². The first-order chi connectivity index (χ1) is 6.26. The van der Waals surface area contributed by atoms with Gasteiger partial charge in [-0.3, -0.25) is 0 Å². The Morgan fingerprint density at radius 2 is 2.08 bits per heavy atom. The molecule has 0 saturated heterocycles. The fourth-order valence-electron chi connectivity index (χ4n) is 0.947. The topological polar surface area (TPSA) is 41.8 Å². The highest BCUT2D eigenvalue weighted by atomic mass is 35.5. The maximum Gasteiger partial charge on any atom is 0.149 e. The Kier molecular flexibility index (Phi) is 3.58. The number of hydrogen-bond acceptors (Lipinski definition) is 3. The van der Waals surface area contributed by atoms with Gasteiger partial charge in [-0.2, -0.15) is 0 Å². The Labute approximate surface area is 81.6 Å². The second kappa shape index (κ2) is 4.72. The van der Waals surface area contributed by atoms with Gasteiger partial charge in [-0.05, 0) is 17.7 Å². The molecule has 0 aliphatic rings. The molecule has 0 heterocycles. The summed E-state index contributed by atoms with van der Waals surface area (Å²) in [4.78, 5) is 0. The van der Waals surface area contributed by atoms with Gasteiger partial charge in [-0.25, -0.2) is 0 Å². The van der Waals surface area contributed by atoms with E-state index in [0.717, 1.165) is 11.3 Å². The molecule has 1 aromatic rings. The molecule has 0 aliphatic heterocycles. The van der Waals surface area contributed by atoms with Crippen LogP contribution in [0.1, 0.15) is 5.56 Å². The SMILES string of the molecule is COc1ccc(C/C(Cl)=N\O)cc1. The second-order valence-corrected chi connectivity index (χ2v) is 2.94. The Morgan fingerprint density at radius 1 is 1.46 bits per heavy atom. The number of rotatable bonds is 3. The van der Waals surface area contributed by atoms with Gasteiger partial charge in [0, 0.05) is 6.42 Å². The zero-order valence-electron chi connectivity index (χ0n) is 7.20. The van der Waals surface area contributed by atoms with Crippen molar-refractivity contribution < 1.29 is 9.94 Å². The number of halogens is 1. The maximum atomic E-state index is 8.33. The number of ether oxygens (including phenoxy) is 1. The molecule has 1 aromatic carbocycles. The molecule has 0 bridgehead atoms. The van der Waals surface area contributed by atoms with Crippen LogP contribution in [0, 0.1) is 0 Å². The number of oxime groups is 1. The van der Waals surface area contributed by atoms with Crippen LogP contribution >= 0.6 is 11.6 Å². The predicted molar refractivity (Wildman–Crippen MR) is 51.8 cm³/mol. The highest BCUT2D eigenvalue weighted by molar-refractivity contribution is 6.65. The van der Waals surface area contributed by atoms with Gasteiger partial charge in [-0.15, -0.1) is 0 Å². The Bertz CT molecular complexity index is 295. The number of hydrogen-bond donors (Lipinski definition) is 1. The first-order valence-electron chi connectivity index (χ1n) is 3.75. The summed E-state index contributed by atoms with van der Waals surface area (Å²) in [5.74, 6) is 0.792. The van der Waals surface area contributed by atoms with Crippen molar-refractivity contribution in [3.8, 4) is 5.75 Å². The van der Waals surface area contributed by atoms with E-state index in [1.807, 2.05) is 24.3 Å². The van der Waals surface area contributed by atoms with Gasteiger partial charge in [0.2, 0.25) is 0 Å². The third-order valence-electron chi connectivity index (χ3n) is 1.62. The largest absolute Gasteiger partial charge is 0.497 e. The average molecular weight is 200 g/mol. The minimum atomic E-state index is 0.171. The van der Waals surface area contributed by atoms with Gasteiger partial charge in [0.1, 0.15) is 10.9 Å². The number of benzene rings is 1. The lowest BCUT2D eigenvalue weighted by Gasteiger charge is -2.01. The van der Waals surface area contributed by atoms with E-state index >= 15 is 0 Å². The van der Waals surface area contributed by atoms with E-state index in [4.69, 9.17) is 21.5 Å². The summed E-state index contributed by atoms with van der Waals surface area (Å²) in [5, 5.41) is 11.4. The van der Waals surface area contributed by atoms with E-state index in [2.05, 4.69) is 5.16 Å². The first-order valence-corrected chi connectivity index (χ1v) is 4.13. The molecule has 1 N–H and O–H groups in total. The fraction of sp³-hybridized carbons (Fsp3) is 0.222. The van der Waals surface area contributed by atoms with Crippen molar-refractivity contribution in [1.29, 1.82) is 0 Å². The Balaban J connectivity index is 2.69. The Hall–Kier alpha value is -1.22. The van der Waals surface area contributed by atoms with Crippen LogP contribution in [-0.4, -0.2) is 17.5 Å². The molecule has 0 saturated carbocycles. The van der Waals surface area contributed by atoms with Gasteiger partial charge < -0.3 is 9.94 Å². The van der Waals surface area contributed by atoms with Gasteiger partial charge in [0.05, 0.1) is 7.11 Å². The van der Waals surface area contributed by atoms with E-state index < -0.39 is 0 Å².